The van der Waals surface area contributed by atoms with Gasteiger partial charge in [-0.05, 0) is 43.9 Å². The maximum Gasteiger partial charge on any atom is 0.245 e. The SMILES string of the molecule is Cc1cc(NC2CCN(C3CCN(c4cnc(Cl)cn4)CC3)C2=O)c(F)cc1S(C)(=O)=O. The largest absolute Gasteiger partial charge is 0.371 e. The summed E-state index contributed by atoms with van der Waals surface area (Å²) in [5.74, 6) is 0.0298. The molecule has 1 unspecified atom stereocenters. The van der Waals surface area contributed by atoms with E-state index < -0.39 is 21.7 Å². The maximum absolute atomic E-state index is 14.5. The Morgan fingerprint density at radius 3 is 2.47 bits per heavy atom. The van der Waals surface area contributed by atoms with Crippen molar-refractivity contribution in [3.63, 3.8) is 0 Å². The topological polar surface area (TPSA) is 95.5 Å². The number of benzene rings is 1. The van der Waals surface area contributed by atoms with E-state index in [9.17, 15) is 17.6 Å². The van der Waals surface area contributed by atoms with Crippen molar-refractivity contribution in [2.24, 2.45) is 0 Å². The van der Waals surface area contributed by atoms with Gasteiger partial charge in [-0.3, -0.25) is 4.79 Å². The van der Waals surface area contributed by atoms with Gasteiger partial charge < -0.3 is 15.1 Å². The van der Waals surface area contributed by atoms with Crippen LogP contribution in [0.5, 0.6) is 0 Å². The molecule has 3 heterocycles. The first-order valence-electron chi connectivity index (χ1n) is 10.4. The number of aromatic nitrogens is 2. The monoisotopic (exact) mass is 481 g/mol. The van der Waals surface area contributed by atoms with Crippen LogP contribution in [0, 0.1) is 12.7 Å². The summed E-state index contributed by atoms with van der Waals surface area (Å²) in [5.41, 5.74) is 0.586. The van der Waals surface area contributed by atoms with E-state index in [-0.39, 0.29) is 22.5 Å². The maximum atomic E-state index is 14.5. The standard InChI is InChI=1S/C21H25ClFN5O3S/c1-13-9-17(15(23)10-18(13)32(2,30)31)26-16-5-8-28(21(16)29)14-3-6-27(7-4-14)20-12-24-19(22)11-25-20/h9-12,14,16,26H,3-8H2,1-2H3. The van der Waals surface area contributed by atoms with Gasteiger partial charge in [0.2, 0.25) is 5.91 Å². The van der Waals surface area contributed by atoms with Gasteiger partial charge in [0.15, 0.2) is 9.84 Å². The Morgan fingerprint density at radius 2 is 1.84 bits per heavy atom. The van der Waals surface area contributed by atoms with Crippen LogP contribution in [0.3, 0.4) is 0 Å². The van der Waals surface area contributed by atoms with Gasteiger partial charge in [0, 0.05) is 31.9 Å². The van der Waals surface area contributed by atoms with Crippen molar-refractivity contribution in [3.8, 4) is 0 Å². The molecule has 2 saturated heterocycles. The van der Waals surface area contributed by atoms with Crippen molar-refractivity contribution in [2.75, 3.05) is 36.1 Å². The van der Waals surface area contributed by atoms with E-state index in [4.69, 9.17) is 11.6 Å². The average Bonchev–Trinajstić information content (AvgIpc) is 3.10. The second kappa shape index (κ2) is 8.82. The molecular weight excluding hydrogens is 457 g/mol. The normalized spacial score (nSPS) is 20.1. The molecule has 1 aromatic carbocycles. The molecule has 1 amide bonds. The minimum atomic E-state index is -3.52. The molecular formula is C21H25ClFN5O3S. The molecule has 11 heteroatoms. The van der Waals surface area contributed by atoms with Gasteiger partial charge in [0.25, 0.3) is 0 Å². The second-order valence-electron chi connectivity index (χ2n) is 8.30. The number of aryl methyl sites for hydroxylation is 1. The number of rotatable bonds is 5. The summed E-state index contributed by atoms with van der Waals surface area (Å²) < 4.78 is 38.1. The highest BCUT2D eigenvalue weighted by Gasteiger charge is 2.37. The Morgan fingerprint density at radius 1 is 1.12 bits per heavy atom. The van der Waals surface area contributed by atoms with Gasteiger partial charge in [-0.25, -0.2) is 22.8 Å². The van der Waals surface area contributed by atoms with Crippen LogP contribution in [0.4, 0.5) is 15.9 Å². The van der Waals surface area contributed by atoms with Crippen LogP contribution in [0.2, 0.25) is 5.15 Å². The number of nitrogens with zero attached hydrogens (tertiary/aromatic N) is 4. The van der Waals surface area contributed by atoms with E-state index >= 15 is 0 Å². The summed E-state index contributed by atoms with van der Waals surface area (Å²) in [5, 5.41) is 3.33. The molecule has 8 nitrogen and oxygen atoms in total. The van der Waals surface area contributed by atoms with E-state index in [1.807, 2.05) is 4.90 Å². The number of piperidine rings is 1. The highest BCUT2D eigenvalue weighted by atomic mass is 35.5. The molecule has 32 heavy (non-hydrogen) atoms. The third-order valence-electron chi connectivity index (χ3n) is 6.07. The highest BCUT2D eigenvalue weighted by molar-refractivity contribution is 7.90. The summed E-state index contributed by atoms with van der Waals surface area (Å²) >= 11 is 5.80. The van der Waals surface area contributed by atoms with E-state index in [1.54, 1.807) is 13.1 Å². The quantitative estimate of drug-likeness (QED) is 0.701. The molecule has 0 radical (unpaired) electrons. The van der Waals surface area contributed by atoms with Crippen LogP contribution in [0.15, 0.2) is 29.4 Å². The van der Waals surface area contributed by atoms with Crippen LogP contribution in [0.25, 0.3) is 0 Å². The molecule has 0 bridgehead atoms. The summed E-state index contributed by atoms with van der Waals surface area (Å²) in [6, 6.07) is 2.05. The van der Waals surface area contributed by atoms with Gasteiger partial charge in [-0.1, -0.05) is 11.6 Å². The number of likely N-dealkylation sites (tertiary alicyclic amines) is 1. The number of hydrogen-bond donors (Lipinski definition) is 1. The van der Waals surface area contributed by atoms with Crippen LogP contribution < -0.4 is 10.2 Å². The highest BCUT2D eigenvalue weighted by Crippen LogP contribution is 2.28. The van der Waals surface area contributed by atoms with Crippen molar-refractivity contribution >= 4 is 38.9 Å². The average molecular weight is 482 g/mol. The van der Waals surface area contributed by atoms with Crippen LogP contribution in [-0.2, 0) is 14.6 Å². The van der Waals surface area contributed by atoms with Crippen molar-refractivity contribution in [2.45, 2.75) is 43.2 Å². The molecule has 0 spiro atoms. The molecule has 1 atom stereocenters. The van der Waals surface area contributed by atoms with Crippen LogP contribution in [0.1, 0.15) is 24.8 Å². The summed E-state index contributed by atoms with van der Waals surface area (Å²) in [6.45, 7) is 3.72. The first-order valence-corrected chi connectivity index (χ1v) is 12.7. The lowest BCUT2D eigenvalue weighted by atomic mass is 10.0. The second-order valence-corrected chi connectivity index (χ2v) is 10.7. The molecule has 4 rings (SSSR count). The first-order chi connectivity index (χ1) is 15.1. The number of carbonyl (C=O) groups is 1. The third kappa shape index (κ3) is 4.66. The first kappa shape index (κ1) is 22.7. The van der Waals surface area contributed by atoms with E-state index in [2.05, 4.69) is 20.2 Å². The Bertz CT molecular complexity index is 1120. The summed E-state index contributed by atoms with van der Waals surface area (Å²) in [4.78, 5) is 25.3. The third-order valence-corrected chi connectivity index (χ3v) is 7.50. The van der Waals surface area contributed by atoms with Gasteiger partial charge in [0.1, 0.15) is 22.8 Å². The van der Waals surface area contributed by atoms with Gasteiger partial charge in [0.05, 0.1) is 23.0 Å². The molecule has 2 aromatic rings. The number of amides is 1. The zero-order valence-corrected chi connectivity index (χ0v) is 19.5. The van der Waals surface area contributed by atoms with Gasteiger partial charge in [-0.15, -0.1) is 0 Å². The van der Waals surface area contributed by atoms with E-state index in [0.717, 1.165) is 44.1 Å². The molecule has 0 saturated carbocycles. The lowest BCUT2D eigenvalue weighted by Crippen LogP contribution is -2.47. The molecule has 172 valence electrons. The van der Waals surface area contributed by atoms with Gasteiger partial charge in [-0.2, -0.15) is 0 Å². The fourth-order valence-electron chi connectivity index (χ4n) is 4.43. The van der Waals surface area contributed by atoms with Gasteiger partial charge >= 0.3 is 0 Å². The van der Waals surface area contributed by atoms with Crippen molar-refractivity contribution in [1.29, 1.82) is 0 Å². The zero-order valence-electron chi connectivity index (χ0n) is 17.9. The summed E-state index contributed by atoms with van der Waals surface area (Å²) in [7, 11) is -3.52. The molecule has 0 aliphatic carbocycles. The lowest BCUT2D eigenvalue weighted by molar-refractivity contribution is -0.130. The smallest absolute Gasteiger partial charge is 0.245 e. The molecule has 2 fully saturated rings. The summed E-state index contributed by atoms with van der Waals surface area (Å²) in [6.07, 6.45) is 6.39. The number of hydrogen-bond acceptors (Lipinski definition) is 7. The van der Waals surface area contributed by atoms with Crippen molar-refractivity contribution in [1.82, 2.24) is 14.9 Å². The van der Waals surface area contributed by atoms with Crippen molar-refractivity contribution in [3.05, 3.63) is 41.1 Å². The molecule has 2 aliphatic heterocycles. The Hall–Kier alpha value is -2.46. The molecule has 1 aromatic heterocycles. The minimum absolute atomic E-state index is 0.0444. The van der Waals surface area contributed by atoms with E-state index in [0.29, 0.717) is 23.7 Å². The number of carbonyl (C=O) groups excluding carboxylic acids is 1. The minimum Gasteiger partial charge on any atom is -0.371 e. The zero-order chi connectivity index (χ0) is 23.0. The number of anilines is 2. The van der Waals surface area contributed by atoms with Crippen LogP contribution >= 0.6 is 11.6 Å². The Balaban J connectivity index is 1.39. The fourth-order valence-corrected chi connectivity index (χ4v) is 5.49. The van der Waals surface area contributed by atoms with E-state index in [1.165, 1.54) is 12.3 Å². The predicted octanol–water partition coefficient (Wildman–Crippen LogP) is 2.66. The van der Waals surface area contributed by atoms with Crippen LogP contribution in [-0.4, -0.2) is 67.2 Å². The molecule has 2 aliphatic rings. The molecule has 1 N–H and O–H groups in total. The number of nitrogens with one attached hydrogen (secondary N) is 1. The van der Waals surface area contributed by atoms with Crippen molar-refractivity contribution < 1.29 is 17.6 Å². The lowest BCUT2D eigenvalue weighted by Gasteiger charge is -2.37. The number of halogens is 2. The fraction of sp³-hybridized carbons (Fsp3) is 0.476. The Kier molecular flexibility index (Phi) is 6.26. The number of sulfone groups is 1. The Labute approximate surface area is 191 Å². The predicted molar refractivity (Wildman–Crippen MR) is 120 cm³/mol.